The molecule has 6 heteroatoms. The molecule has 4 rings (SSSR count). The van der Waals surface area contributed by atoms with Crippen LogP contribution in [0.5, 0.6) is 0 Å². The highest BCUT2D eigenvalue weighted by Gasteiger charge is 2.30. The lowest BCUT2D eigenvalue weighted by atomic mass is 10.1. The number of benzene rings is 1. The molecule has 6 nitrogen and oxygen atoms in total. The Bertz CT molecular complexity index is 745. The summed E-state index contributed by atoms with van der Waals surface area (Å²) in [6.07, 6.45) is 3.77. The van der Waals surface area contributed by atoms with Crippen LogP contribution in [0.25, 0.3) is 0 Å². The predicted molar refractivity (Wildman–Crippen MR) is 106 cm³/mol. The van der Waals surface area contributed by atoms with E-state index >= 15 is 0 Å². The minimum atomic E-state index is -0.0917. The van der Waals surface area contributed by atoms with Crippen molar-refractivity contribution in [3.05, 3.63) is 54.2 Å². The van der Waals surface area contributed by atoms with Crippen molar-refractivity contribution in [1.82, 2.24) is 9.88 Å². The van der Waals surface area contributed by atoms with Crippen LogP contribution < -0.4 is 10.2 Å². The minimum Gasteiger partial charge on any atom is -0.378 e. The number of pyridine rings is 1. The number of amides is 1. The third kappa shape index (κ3) is 4.46. The molecular formula is C21H26N4O2. The molecular weight excluding hydrogens is 340 g/mol. The monoisotopic (exact) mass is 366 g/mol. The van der Waals surface area contributed by atoms with Gasteiger partial charge in [0.2, 0.25) is 5.91 Å². The average Bonchev–Trinajstić information content (AvgIpc) is 3.18. The highest BCUT2D eigenvalue weighted by Crippen LogP contribution is 2.22. The van der Waals surface area contributed by atoms with Gasteiger partial charge in [-0.05, 0) is 37.1 Å². The Hall–Kier alpha value is -2.44. The van der Waals surface area contributed by atoms with Crippen LogP contribution >= 0.6 is 0 Å². The summed E-state index contributed by atoms with van der Waals surface area (Å²) in [6.45, 7) is 5.02. The largest absolute Gasteiger partial charge is 0.378 e. The second-order valence-corrected chi connectivity index (χ2v) is 7.10. The Morgan fingerprint density at radius 1 is 1.11 bits per heavy atom. The zero-order valence-corrected chi connectivity index (χ0v) is 15.5. The summed E-state index contributed by atoms with van der Waals surface area (Å²) < 4.78 is 5.38. The lowest BCUT2D eigenvalue weighted by molar-refractivity contribution is -0.120. The number of ether oxygens (including phenoxy) is 1. The van der Waals surface area contributed by atoms with Crippen LogP contribution in [0.1, 0.15) is 18.4 Å². The van der Waals surface area contributed by atoms with Gasteiger partial charge in [0.1, 0.15) is 5.82 Å². The van der Waals surface area contributed by atoms with Gasteiger partial charge in [-0.15, -0.1) is 0 Å². The summed E-state index contributed by atoms with van der Waals surface area (Å²) in [5, 5.41) is 2.99. The zero-order chi connectivity index (χ0) is 18.5. The van der Waals surface area contributed by atoms with Crippen molar-refractivity contribution in [3.8, 4) is 0 Å². The highest BCUT2D eigenvalue weighted by molar-refractivity contribution is 5.94. The first-order valence-corrected chi connectivity index (χ1v) is 9.67. The van der Waals surface area contributed by atoms with Gasteiger partial charge in [-0.2, -0.15) is 0 Å². The molecule has 0 aliphatic carbocycles. The molecule has 2 aliphatic heterocycles. The van der Waals surface area contributed by atoms with Crippen molar-refractivity contribution in [2.45, 2.75) is 25.4 Å². The van der Waals surface area contributed by atoms with Crippen LogP contribution in [0.2, 0.25) is 0 Å². The first kappa shape index (κ1) is 17.9. The summed E-state index contributed by atoms with van der Waals surface area (Å²) in [7, 11) is 0. The lowest BCUT2D eigenvalue weighted by Crippen LogP contribution is -2.39. The van der Waals surface area contributed by atoms with Gasteiger partial charge in [0.25, 0.3) is 0 Å². The molecule has 2 aromatic rings. The highest BCUT2D eigenvalue weighted by atomic mass is 16.5. The van der Waals surface area contributed by atoms with Crippen LogP contribution in [0.4, 0.5) is 11.5 Å². The minimum absolute atomic E-state index is 0.0371. The van der Waals surface area contributed by atoms with E-state index in [1.165, 1.54) is 5.56 Å². The van der Waals surface area contributed by atoms with E-state index in [9.17, 15) is 4.79 Å². The number of nitrogens with zero attached hydrogens (tertiary/aromatic N) is 3. The maximum absolute atomic E-state index is 12.8. The van der Waals surface area contributed by atoms with E-state index < -0.39 is 0 Å². The lowest BCUT2D eigenvalue weighted by Gasteiger charge is -2.28. The molecule has 1 amide bonds. The number of nitrogens with one attached hydrogen (secondary N) is 1. The van der Waals surface area contributed by atoms with Gasteiger partial charge < -0.3 is 15.0 Å². The van der Waals surface area contributed by atoms with E-state index in [0.29, 0.717) is 5.82 Å². The predicted octanol–water partition coefficient (Wildman–Crippen LogP) is 2.52. The maximum Gasteiger partial charge on any atom is 0.242 e. The van der Waals surface area contributed by atoms with Gasteiger partial charge >= 0.3 is 0 Å². The molecule has 2 fully saturated rings. The van der Waals surface area contributed by atoms with E-state index in [4.69, 9.17) is 4.74 Å². The molecule has 0 radical (unpaired) electrons. The van der Waals surface area contributed by atoms with Crippen molar-refractivity contribution in [3.63, 3.8) is 0 Å². The molecule has 1 unspecified atom stereocenters. The molecule has 1 N–H and O–H groups in total. The smallest absolute Gasteiger partial charge is 0.242 e. The summed E-state index contributed by atoms with van der Waals surface area (Å²) >= 11 is 0. The number of carbonyl (C=O) groups excluding carboxylic acids is 1. The molecule has 3 heterocycles. The molecule has 1 aromatic heterocycles. The van der Waals surface area contributed by atoms with Crippen molar-refractivity contribution < 1.29 is 9.53 Å². The number of hydrogen-bond acceptors (Lipinski definition) is 5. The molecule has 1 aromatic carbocycles. The molecule has 0 spiro atoms. The normalized spacial score (nSPS) is 20.6. The summed E-state index contributed by atoms with van der Waals surface area (Å²) in [5.74, 6) is 0.652. The van der Waals surface area contributed by atoms with Crippen LogP contribution in [-0.2, 0) is 16.1 Å². The second kappa shape index (κ2) is 8.50. The number of morpholine rings is 1. The number of aromatic nitrogens is 1. The molecule has 0 bridgehead atoms. The van der Waals surface area contributed by atoms with Gasteiger partial charge in [0.05, 0.1) is 31.1 Å². The van der Waals surface area contributed by atoms with E-state index in [0.717, 1.165) is 57.9 Å². The molecule has 2 saturated heterocycles. The Morgan fingerprint density at radius 3 is 2.67 bits per heavy atom. The van der Waals surface area contributed by atoms with Crippen molar-refractivity contribution in [2.75, 3.05) is 43.1 Å². The third-order valence-corrected chi connectivity index (χ3v) is 5.27. The molecule has 27 heavy (non-hydrogen) atoms. The summed E-state index contributed by atoms with van der Waals surface area (Å²) in [4.78, 5) is 21.7. The summed E-state index contributed by atoms with van der Waals surface area (Å²) in [5.41, 5.74) is 2.31. The number of likely N-dealkylation sites (tertiary alicyclic amines) is 1. The Labute approximate surface area is 160 Å². The Morgan fingerprint density at radius 2 is 1.93 bits per heavy atom. The first-order chi connectivity index (χ1) is 13.3. The van der Waals surface area contributed by atoms with Crippen molar-refractivity contribution in [1.29, 1.82) is 0 Å². The molecule has 1 atom stereocenters. The number of rotatable bonds is 5. The van der Waals surface area contributed by atoms with Gasteiger partial charge in [0, 0.05) is 19.6 Å². The Kier molecular flexibility index (Phi) is 5.65. The van der Waals surface area contributed by atoms with E-state index in [-0.39, 0.29) is 11.9 Å². The molecule has 2 aliphatic rings. The fraction of sp³-hybridized carbons (Fsp3) is 0.429. The van der Waals surface area contributed by atoms with Gasteiger partial charge in [-0.25, -0.2) is 4.98 Å². The maximum atomic E-state index is 12.8. The fourth-order valence-corrected chi connectivity index (χ4v) is 3.81. The Balaban J connectivity index is 1.36. The quantitative estimate of drug-likeness (QED) is 0.881. The first-order valence-electron chi connectivity index (χ1n) is 9.67. The van der Waals surface area contributed by atoms with Crippen LogP contribution in [0.15, 0.2) is 48.7 Å². The zero-order valence-electron chi connectivity index (χ0n) is 15.5. The molecule has 0 saturated carbocycles. The van der Waals surface area contributed by atoms with Crippen LogP contribution in [-0.4, -0.2) is 54.7 Å². The SMILES string of the molecule is O=C(Nc1ccc(N2CCOCC2)cn1)C1CCCN1Cc1ccccc1. The van der Waals surface area contributed by atoms with Crippen LogP contribution in [0.3, 0.4) is 0 Å². The van der Waals surface area contributed by atoms with Gasteiger partial charge in [0.15, 0.2) is 0 Å². The molecule has 142 valence electrons. The van der Waals surface area contributed by atoms with Gasteiger partial charge in [-0.1, -0.05) is 30.3 Å². The van der Waals surface area contributed by atoms with Gasteiger partial charge in [-0.3, -0.25) is 9.69 Å². The summed E-state index contributed by atoms with van der Waals surface area (Å²) in [6, 6.07) is 14.1. The topological polar surface area (TPSA) is 57.7 Å². The van der Waals surface area contributed by atoms with E-state index in [1.807, 2.05) is 36.5 Å². The van der Waals surface area contributed by atoms with Crippen molar-refractivity contribution >= 4 is 17.4 Å². The van der Waals surface area contributed by atoms with Crippen LogP contribution in [0, 0.1) is 0 Å². The van der Waals surface area contributed by atoms with E-state index in [2.05, 4.69) is 32.2 Å². The number of carbonyl (C=O) groups is 1. The van der Waals surface area contributed by atoms with Crippen molar-refractivity contribution in [2.24, 2.45) is 0 Å². The second-order valence-electron chi connectivity index (χ2n) is 7.10. The average molecular weight is 366 g/mol. The number of hydrogen-bond donors (Lipinski definition) is 1. The standard InChI is InChI=1S/C21H26N4O2/c26-21(19-7-4-10-25(19)16-17-5-2-1-3-6-17)23-20-9-8-18(15-22-20)24-11-13-27-14-12-24/h1-3,5-6,8-9,15,19H,4,7,10-14,16H2,(H,22,23,26). The third-order valence-electron chi connectivity index (χ3n) is 5.27. The number of anilines is 2. The van der Waals surface area contributed by atoms with E-state index in [1.54, 1.807) is 0 Å². The fourth-order valence-electron chi connectivity index (χ4n) is 3.81.